The molecule has 1 aromatic heterocycles. The fourth-order valence-electron chi connectivity index (χ4n) is 1.97. The molecule has 0 aliphatic carbocycles. The van der Waals surface area contributed by atoms with Crippen LogP contribution in [-0.4, -0.2) is 10.7 Å². The van der Waals surface area contributed by atoms with E-state index in [4.69, 9.17) is 5.73 Å². The first-order valence-electron chi connectivity index (χ1n) is 4.65. The van der Waals surface area contributed by atoms with Gasteiger partial charge in [-0.15, -0.1) is 11.8 Å². The minimum atomic E-state index is 0.856. The first-order chi connectivity index (χ1) is 6.86. The zero-order valence-electron chi connectivity index (χ0n) is 7.66. The maximum Gasteiger partial charge on any atom is 0.0726 e. The first-order valence-corrected chi connectivity index (χ1v) is 5.64. The average Bonchev–Trinajstić information content (AvgIpc) is 2.65. The van der Waals surface area contributed by atoms with Crippen LogP contribution in [0.5, 0.6) is 0 Å². The summed E-state index contributed by atoms with van der Waals surface area (Å²) in [7, 11) is 0. The van der Waals surface area contributed by atoms with Gasteiger partial charge in [0.25, 0.3) is 0 Å². The fraction of sp³-hybridized carbons (Fsp3) is 0.182. The molecule has 0 saturated carbocycles. The molecule has 1 aliphatic rings. The Labute approximate surface area is 86.5 Å². The summed E-state index contributed by atoms with van der Waals surface area (Å²) in [5.74, 6) is 1.17. The highest BCUT2D eigenvalue weighted by atomic mass is 32.2. The van der Waals surface area contributed by atoms with Crippen molar-refractivity contribution in [3.63, 3.8) is 0 Å². The summed E-state index contributed by atoms with van der Waals surface area (Å²) >= 11 is 1.91. The second-order valence-electron chi connectivity index (χ2n) is 3.44. The fourth-order valence-corrected chi connectivity index (χ4v) is 3.04. The third-order valence-corrected chi connectivity index (χ3v) is 3.72. The minimum Gasteiger partial charge on any atom is -0.398 e. The van der Waals surface area contributed by atoms with E-state index >= 15 is 0 Å². The van der Waals surface area contributed by atoms with Crippen molar-refractivity contribution in [2.75, 3.05) is 11.5 Å². The van der Waals surface area contributed by atoms with Gasteiger partial charge in [0, 0.05) is 27.9 Å². The second-order valence-corrected chi connectivity index (χ2v) is 4.57. The Bertz CT molecular complexity index is 508. The molecular weight excluding hydrogens is 192 g/mol. The highest BCUT2D eigenvalue weighted by Crippen LogP contribution is 2.37. The number of hydrogen-bond donors (Lipinski definition) is 1. The number of thioether (sulfide) groups is 1. The minimum absolute atomic E-state index is 0.856. The van der Waals surface area contributed by atoms with Gasteiger partial charge in [-0.25, -0.2) is 0 Å². The van der Waals surface area contributed by atoms with E-state index in [0.29, 0.717) is 0 Å². The number of anilines is 1. The maximum absolute atomic E-state index is 5.98. The van der Waals surface area contributed by atoms with E-state index in [-0.39, 0.29) is 0 Å². The van der Waals surface area contributed by atoms with Crippen LogP contribution in [0, 0.1) is 0 Å². The SMILES string of the molecule is Nc1ccnc2ccc3c(c12)CCS3. The summed E-state index contributed by atoms with van der Waals surface area (Å²) in [5, 5.41) is 1.16. The van der Waals surface area contributed by atoms with E-state index in [1.54, 1.807) is 6.20 Å². The predicted molar refractivity (Wildman–Crippen MR) is 60.6 cm³/mol. The molecule has 2 N–H and O–H groups in total. The molecule has 1 aromatic carbocycles. The zero-order chi connectivity index (χ0) is 9.54. The molecule has 0 bridgehead atoms. The number of fused-ring (bicyclic) bond motifs is 3. The molecule has 0 unspecified atom stereocenters. The number of pyridine rings is 1. The molecule has 3 rings (SSSR count). The lowest BCUT2D eigenvalue weighted by molar-refractivity contribution is 1.17. The third kappa shape index (κ3) is 1.02. The third-order valence-electron chi connectivity index (χ3n) is 2.61. The summed E-state index contributed by atoms with van der Waals surface area (Å²) in [4.78, 5) is 5.70. The monoisotopic (exact) mass is 202 g/mol. The number of benzene rings is 1. The lowest BCUT2D eigenvalue weighted by Gasteiger charge is -2.06. The van der Waals surface area contributed by atoms with Crippen LogP contribution in [0.15, 0.2) is 29.3 Å². The van der Waals surface area contributed by atoms with Crippen LogP contribution < -0.4 is 5.73 Å². The smallest absolute Gasteiger partial charge is 0.0726 e. The van der Waals surface area contributed by atoms with Crippen molar-refractivity contribution in [2.24, 2.45) is 0 Å². The Morgan fingerprint density at radius 3 is 3.14 bits per heavy atom. The summed E-state index contributed by atoms with van der Waals surface area (Å²) in [5.41, 5.74) is 9.24. The molecule has 2 heterocycles. The average molecular weight is 202 g/mol. The van der Waals surface area contributed by atoms with E-state index in [9.17, 15) is 0 Å². The highest BCUT2D eigenvalue weighted by Gasteiger charge is 2.15. The van der Waals surface area contributed by atoms with Crippen molar-refractivity contribution >= 4 is 28.4 Å². The van der Waals surface area contributed by atoms with Gasteiger partial charge in [-0.1, -0.05) is 0 Å². The largest absolute Gasteiger partial charge is 0.398 e. The van der Waals surface area contributed by atoms with Crippen molar-refractivity contribution in [2.45, 2.75) is 11.3 Å². The molecule has 0 atom stereocenters. The molecule has 3 heteroatoms. The van der Waals surface area contributed by atoms with E-state index < -0.39 is 0 Å². The van der Waals surface area contributed by atoms with Crippen LogP contribution in [0.2, 0.25) is 0 Å². The van der Waals surface area contributed by atoms with Crippen molar-refractivity contribution < 1.29 is 0 Å². The van der Waals surface area contributed by atoms with Crippen molar-refractivity contribution in [1.29, 1.82) is 0 Å². The zero-order valence-corrected chi connectivity index (χ0v) is 8.47. The molecule has 0 spiro atoms. The van der Waals surface area contributed by atoms with Gasteiger partial charge in [0.2, 0.25) is 0 Å². The van der Waals surface area contributed by atoms with Gasteiger partial charge in [-0.05, 0) is 30.2 Å². The number of aromatic nitrogens is 1. The number of nitrogens with zero attached hydrogens (tertiary/aromatic N) is 1. The van der Waals surface area contributed by atoms with Crippen LogP contribution in [0.3, 0.4) is 0 Å². The van der Waals surface area contributed by atoms with Gasteiger partial charge in [-0.3, -0.25) is 4.98 Å². The van der Waals surface area contributed by atoms with E-state index in [1.807, 2.05) is 17.8 Å². The number of hydrogen-bond acceptors (Lipinski definition) is 3. The molecule has 70 valence electrons. The lowest BCUT2D eigenvalue weighted by atomic mass is 10.1. The Kier molecular flexibility index (Phi) is 1.67. The van der Waals surface area contributed by atoms with Crippen LogP contribution in [0.4, 0.5) is 5.69 Å². The molecule has 14 heavy (non-hydrogen) atoms. The van der Waals surface area contributed by atoms with Gasteiger partial charge >= 0.3 is 0 Å². The number of rotatable bonds is 0. The quantitative estimate of drug-likeness (QED) is 0.713. The molecular formula is C11H10N2S. The second kappa shape index (κ2) is 2.89. The van der Waals surface area contributed by atoms with Crippen LogP contribution in [0.25, 0.3) is 10.9 Å². The van der Waals surface area contributed by atoms with Crippen molar-refractivity contribution in [3.05, 3.63) is 30.0 Å². The maximum atomic E-state index is 5.98. The topological polar surface area (TPSA) is 38.9 Å². The predicted octanol–water partition coefficient (Wildman–Crippen LogP) is 2.47. The van der Waals surface area contributed by atoms with Crippen molar-refractivity contribution in [1.82, 2.24) is 4.98 Å². The number of nitrogens with two attached hydrogens (primary N) is 1. The van der Waals surface area contributed by atoms with Crippen LogP contribution in [0.1, 0.15) is 5.56 Å². The summed E-state index contributed by atoms with van der Waals surface area (Å²) < 4.78 is 0. The molecule has 2 aromatic rings. The highest BCUT2D eigenvalue weighted by molar-refractivity contribution is 7.99. The lowest BCUT2D eigenvalue weighted by Crippen LogP contribution is -1.93. The summed E-state index contributed by atoms with van der Waals surface area (Å²) in [6, 6.07) is 6.09. The van der Waals surface area contributed by atoms with Crippen molar-refractivity contribution in [3.8, 4) is 0 Å². The van der Waals surface area contributed by atoms with Gasteiger partial charge in [-0.2, -0.15) is 0 Å². The Morgan fingerprint density at radius 1 is 1.29 bits per heavy atom. The number of aryl methyl sites for hydroxylation is 1. The molecule has 0 fully saturated rings. The van der Waals surface area contributed by atoms with E-state index in [0.717, 1.165) is 23.0 Å². The first kappa shape index (κ1) is 8.12. The van der Waals surface area contributed by atoms with Crippen LogP contribution >= 0.6 is 11.8 Å². The molecule has 2 nitrogen and oxygen atoms in total. The van der Waals surface area contributed by atoms with E-state index in [2.05, 4.69) is 17.1 Å². The molecule has 0 amide bonds. The Morgan fingerprint density at radius 2 is 2.21 bits per heavy atom. The number of nitrogen functional groups attached to an aromatic ring is 1. The van der Waals surface area contributed by atoms with Gasteiger partial charge in [0.05, 0.1) is 5.52 Å². The van der Waals surface area contributed by atoms with E-state index in [1.165, 1.54) is 16.2 Å². The van der Waals surface area contributed by atoms with Crippen LogP contribution in [-0.2, 0) is 6.42 Å². The molecule has 0 saturated heterocycles. The normalized spacial score (nSPS) is 14.6. The van der Waals surface area contributed by atoms with Gasteiger partial charge in [0.1, 0.15) is 0 Å². The van der Waals surface area contributed by atoms with Gasteiger partial charge < -0.3 is 5.73 Å². The van der Waals surface area contributed by atoms with Gasteiger partial charge in [0.15, 0.2) is 0 Å². The standard InChI is InChI=1S/C11H10N2S/c12-8-3-5-13-9-1-2-10-7(11(8)9)4-6-14-10/h1-3,5H,4,6H2,(H2,12,13). The summed E-state index contributed by atoms with van der Waals surface area (Å²) in [6.07, 6.45) is 2.89. The molecule has 1 aliphatic heterocycles. The Hall–Kier alpha value is -1.22. The molecule has 0 radical (unpaired) electrons. The summed E-state index contributed by atoms with van der Waals surface area (Å²) in [6.45, 7) is 0. The Balaban J connectivity index is 2.47.